The number of Topliss-reactive ketones (excluding diaryl/α,β-unsaturated/α-hetero) is 1. The molecule has 0 bridgehead atoms. The number of aromatic nitrogens is 3. The second-order valence-electron chi connectivity index (χ2n) is 9.80. The molecular formula is C26H35N7O5. The number of carbonyl (C=O) groups is 3. The predicted molar refractivity (Wildman–Crippen MR) is 142 cm³/mol. The van der Waals surface area contributed by atoms with Gasteiger partial charge in [-0.15, -0.1) is 0 Å². The van der Waals surface area contributed by atoms with E-state index in [1.165, 1.54) is 12.5 Å². The lowest BCUT2D eigenvalue weighted by Crippen LogP contribution is -2.46. The Morgan fingerprint density at radius 2 is 1.95 bits per heavy atom. The van der Waals surface area contributed by atoms with Crippen LogP contribution in [0.3, 0.4) is 0 Å². The lowest BCUT2D eigenvalue weighted by molar-refractivity contribution is -0.138. The number of pyridine rings is 1. The molecule has 2 aromatic rings. The van der Waals surface area contributed by atoms with Gasteiger partial charge in [0.2, 0.25) is 0 Å². The Balaban J connectivity index is 1.39. The first-order valence-electron chi connectivity index (χ1n) is 12.9. The van der Waals surface area contributed by atoms with Crippen molar-refractivity contribution in [2.45, 2.75) is 58.4 Å². The van der Waals surface area contributed by atoms with E-state index in [1.54, 1.807) is 6.92 Å². The van der Waals surface area contributed by atoms with E-state index in [9.17, 15) is 19.5 Å². The fraction of sp³-hybridized carbons (Fsp3) is 0.538. The van der Waals surface area contributed by atoms with Crippen LogP contribution in [0.25, 0.3) is 0 Å². The Hall–Kier alpha value is -3.96. The summed E-state index contributed by atoms with van der Waals surface area (Å²) in [4.78, 5) is 50.8. The van der Waals surface area contributed by atoms with Crippen molar-refractivity contribution in [3.8, 4) is 0 Å². The highest BCUT2D eigenvalue weighted by Crippen LogP contribution is 2.33. The van der Waals surface area contributed by atoms with Crippen molar-refractivity contribution in [1.82, 2.24) is 20.3 Å². The minimum atomic E-state index is -1.28. The molecule has 0 saturated carbocycles. The van der Waals surface area contributed by atoms with Crippen LogP contribution in [0.4, 0.5) is 22.2 Å². The molecule has 2 aromatic heterocycles. The quantitative estimate of drug-likeness (QED) is 0.381. The minimum Gasteiger partial charge on any atom is -0.480 e. The summed E-state index contributed by atoms with van der Waals surface area (Å²) in [5.74, 6) is 1.68. The number of anilines is 3. The minimum absolute atomic E-state index is 0.124. The molecule has 4 N–H and O–H groups in total. The standard InChI is InChI=1S/C26H35N7O5/c1-15(34)14-38-26(37)32-21(25(35)36)13-28-22-16(2)24(30-17(3)29-22)33-11-8-18(9-12-33)20-7-6-19-5-4-10-27-23(19)31-20/h6-7,18,21H,4-5,8-14H2,1-3H3,(H,27,31)(H,32,37)(H,35,36)(H,28,29,30)/t21-/m0/s1. The zero-order chi connectivity index (χ0) is 27.2. The highest BCUT2D eigenvalue weighted by atomic mass is 16.6. The van der Waals surface area contributed by atoms with E-state index in [-0.39, 0.29) is 12.3 Å². The fourth-order valence-corrected chi connectivity index (χ4v) is 4.80. The Morgan fingerprint density at radius 3 is 2.66 bits per heavy atom. The number of aryl methyl sites for hydroxylation is 2. The molecule has 1 amide bonds. The van der Waals surface area contributed by atoms with Crippen LogP contribution in [0, 0.1) is 13.8 Å². The number of fused-ring (bicyclic) bond motifs is 1. The molecule has 1 atom stereocenters. The number of hydrogen-bond donors (Lipinski definition) is 4. The molecule has 2 aliphatic rings. The number of ketones is 1. The molecule has 4 rings (SSSR count). The van der Waals surface area contributed by atoms with Crippen molar-refractivity contribution in [3.05, 3.63) is 34.8 Å². The molecule has 12 heteroatoms. The molecule has 204 valence electrons. The van der Waals surface area contributed by atoms with Gasteiger partial charge in [-0.2, -0.15) is 0 Å². The lowest BCUT2D eigenvalue weighted by atomic mass is 9.92. The maximum absolute atomic E-state index is 11.8. The fourth-order valence-electron chi connectivity index (χ4n) is 4.80. The number of carboxylic acids is 1. The van der Waals surface area contributed by atoms with Crippen molar-refractivity contribution < 1.29 is 24.2 Å². The Bertz CT molecular complexity index is 1200. The number of hydrogen-bond acceptors (Lipinski definition) is 10. The summed E-state index contributed by atoms with van der Waals surface area (Å²) in [6, 6.07) is 3.09. The molecule has 0 radical (unpaired) electrons. The molecule has 0 unspecified atom stereocenters. The van der Waals surface area contributed by atoms with Gasteiger partial charge in [0.15, 0.2) is 12.4 Å². The molecule has 1 saturated heterocycles. The summed E-state index contributed by atoms with van der Waals surface area (Å²) >= 11 is 0. The van der Waals surface area contributed by atoms with Crippen molar-refractivity contribution >= 4 is 35.3 Å². The zero-order valence-electron chi connectivity index (χ0n) is 22.0. The van der Waals surface area contributed by atoms with E-state index in [4.69, 9.17) is 9.72 Å². The van der Waals surface area contributed by atoms with Crippen LogP contribution in [0.15, 0.2) is 12.1 Å². The lowest BCUT2D eigenvalue weighted by Gasteiger charge is -2.34. The summed E-state index contributed by atoms with van der Waals surface area (Å²) in [6.07, 6.45) is 3.14. The van der Waals surface area contributed by atoms with Gasteiger partial charge in [0.1, 0.15) is 29.3 Å². The molecular weight excluding hydrogens is 490 g/mol. The predicted octanol–water partition coefficient (Wildman–Crippen LogP) is 2.41. The molecule has 0 spiro atoms. The van der Waals surface area contributed by atoms with Crippen LogP contribution in [0.2, 0.25) is 0 Å². The molecule has 1 fully saturated rings. The van der Waals surface area contributed by atoms with E-state index < -0.39 is 24.7 Å². The molecule has 4 heterocycles. The van der Waals surface area contributed by atoms with Crippen molar-refractivity contribution in [2.75, 3.05) is 48.3 Å². The van der Waals surface area contributed by atoms with Gasteiger partial charge in [-0.3, -0.25) is 4.79 Å². The normalized spacial score (nSPS) is 16.1. The number of alkyl carbamates (subject to hydrolysis) is 1. The number of rotatable bonds is 9. The first-order valence-corrected chi connectivity index (χ1v) is 12.9. The van der Waals surface area contributed by atoms with E-state index >= 15 is 0 Å². The van der Waals surface area contributed by atoms with Gasteiger partial charge in [0, 0.05) is 43.4 Å². The topological polar surface area (TPSA) is 159 Å². The molecule has 0 aliphatic carbocycles. The Labute approximate surface area is 221 Å². The third-order valence-electron chi connectivity index (χ3n) is 6.83. The van der Waals surface area contributed by atoms with E-state index in [0.717, 1.165) is 68.2 Å². The first-order chi connectivity index (χ1) is 18.2. The Morgan fingerprint density at radius 1 is 1.18 bits per heavy atom. The van der Waals surface area contributed by atoms with E-state index in [1.807, 2.05) is 6.92 Å². The van der Waals surface area contributed by atoms with Crippen molar-refractivity contribution in [3.63, 3.8) is 0 Å². The number of aliphatic carboxylic acids is 1. The third-order valence-corrected chi connectivity index (χ3v) is 6.83. The highest BCUT2D eigenvalue weighted by molar-refractivity contribution is 5.83. The second-order valence-corrected chi connectivity index (χ2v) is 9.80. The van der Waals surface area contributed by atoms with Crippen LogP contribution in [-0.2, 0) is 20.7 Å². The van der Waals surface area contributed by atoms with Crippen LogP contribution >= 0.6 is 0 Å². The maximum atomic E-state index is 11.8. The number of amides is 1. The molecule has 12 nitrogen and oxygen atoms in total. The van der Waals surface area contributed by atoms with Crippen LogP contribution < -0.4 is 20.9 Å². The van der Waals surface area contributed by atoms with E-state index in [2.05, 4.69) is 43.0 Å². The SMILES string of the molecule is CC(=O)COC(=O)N[C@@H](CNc1nc(C)nc(N2CCC(c3ccc4c(n3)NCCC4)CC2)c1C)C(=O)O. The average molecular weight is 526 g/mol. The number of nitrogens with zero attached hydrogens (tertiary/aromatic N) is 4. The van der Waals surface area contributed by atoms with Gasteiger partial charge in [0.25, 0.3) is 0 Å². The maximum Gasteiger partial charge on any atom is 0.408 e. The van der Waals surface area contributed by atoms with Gasteiger partial charge < -0.3 is 30.7 Å². The summed E-state index contributed by atoms with van der Waals surface area (Å²) < 4.78 is 4.71. The summed E-state index contributed by atoms with van der Waals surface area (Å²) in [7, 11) is 0. The Kier molecular flexibility index (Phi) is 8.59. The van der Waals surface area contributed by atoms with Gasteiger partial charge in [-0.25, -0.2) is 24.5 Å². The smallest absolute Gasteiger partial charge is 0.408 e. The van der Waals surface area contributed by atoms with Gasteiger partial charge in [-0.05, 0) is 58.1 Å². The summed E-state index contributed by atoms with van der Waals surface area (Å²) in [5, 5.41) is 18.2. The number of ether oxygens (including phenoxy) is 1. The van der Waals surface area contributed by atoms with Gasteiger partial charge in [-0.1, -0.05) is 6.07 Å². The summed E-state index contributed by atoms with van der Waals surface area (Å²) in [5.41, 5.74) is 3.22. The first kappa shape index (κ1) is 27.1. The molecule has 38 heavy (non-hydrogen) atoms. The third kappa shape index (κ3) is 6.67. The van der Waals surface area contributed by atoms with Gasteiger partial charge >= 0.3 is 12.1 Å². The van der Waals surface area contributed by atoms with Gasteiger partial charge in [0.05, 0.1) is 0 Å². The van der Waals surface area contributed by atoms with Crippen LogP contribution in [0.1, 0.15) is 54.7 Å². The zero-order valence-corrected chi connectivity index (χ0v) is 22.0. The van der Waals surface area contributed by atoms with Crippen LogP contribution in [-0.4, -0.2) is 76.7 Å². The summed E-state index contributed by atoms with van der Waals surface area (Å²) in [6.45, 7) is 7.01. The molecule has 0 aromatic carbocycles. The number of carboxylic acid groups (broad SMARTS) is 1. The highest BCUT2D eigenvalue weighted by Gasteiger charge is 2.26. The van der Waals surface area contributed by atoms with Crippen LogP contribution in [0.5, 0.6) is 0 Å². The largest absolute Gasteiger partial charge is 0.480 e. The van der Waals surface area contributed by atoms with Crippen molar-refractivity contribution in [1.29, 1.82) is 0 Å². The van der Waals surface area contributed by atoms with E-state index in [0.29, 0.717) is 17.6 Å². The van der Waals surface area contributed by atoms with Crippen molar-refractivity contribution in [2.24, 2.45) is 0 Å². The number of nitrogens with one attached hydrogen (secondary N) is 3. The number of piperidine rings is 1. The second kappa shape index (κ2) is 12.1. The average Bonchev–Trinajstić information content (AvgIpc) is 2.91. The number of carbonyl (C=O) groups excluding carboxylic acids is 2. The monoisotopic (exact) mass is 525 g/mol. The molecule has 2 aliphatic heterocycles.